The van der Waals surface area contributed by atoms with Crippen molar-refractivity contribution in [2.45, 2.75) is 38.6 Å². The highest BCUT2D eigenvalue weighted by Crippen LogP contribution is 2.41. The van der Waals surface area contributed by atoms with E-state index < -0.39 is 5.41 Å². The number of fused-ring (bicyclic) bond motifs is 2. The monoisotopic (exact) mass is 334 g/mol. The van der Waals surface area contributed by atoms with Gasteiger partial charge in [-0.25, -0.2) is 0 Å². The van der Waals surface area contributed by atoms with E-state index in [2.05, 4.69) is 13.0 Å². The van der Waals surface area contributed by atoms with Gasteiger partial charge in [-0.3, -0.25) is 9.59 Å². The van der Waals surface area contributed by atoms with Gasteiger partial charge in [-0.1, -0.05) is 18.2 Å². The van der Waals surface area contributed by atoms with Crippen molar-refractivity contribution in [1.82, 2.24) is 0 Å². The fourth-order valence-corrected chi connectivity index (χ4v) is 4.12. The van der Waals surface area contributed by atoms with Crippen LogP contribution in [0.1, 0.15) is 42.3 Å². The van der Waals surface area contributed by atoms with Gasteiger partial charge in [0.05, 0.1) is 5.41 Å². The highest BCUT2D eigenvalue weighted by Gasteiger charge is 2.43. The summed E-state index contributed by atoms with van der Waals surface area (Å²) in [4.78, 5) is 29.2. The fraction of sp³-hybridized carbons (Fsp3) is 0.333. The van der Waals surface area contributed by atoms with Gasteiger partial charge in [-0.05, 0) is 62.6 Å². The predicted molar refractivity (Wildman–Crippen MR) is 99.3 cm³/mol. The maximum Gasteiger partial charge on any atom is 0.258 e. The van der Waals surface area contributed by atoms with Crippen LogP contribution in [0.3, 0.4) is 0 Å². The number of rotatable bonds is 1. The zero-order chi connectivity index (χ0) is 17.9. The molecule has 0 aromatic heterocycles. The van der Waals surface area contributed by atoms with Gasteiger partial charge in [-0.2, -0.15) is 0 Å². The van der Waals surface area contributed by atoms with E-state index in [0.717, 1.165) is 23.4 Å². The largest absolute Gasteiger partial charge is 0.314 e. The lowest BCUT2D eigenvalue weighted by atomic mass is 9.85. The third-order valence-electron chi connectivity index (χ3n) is 5.54. The molecule has 0 saturated carbocycles. The molecule has 1 unspecified atom stereocenters. The summed E-state index contributed by atoms with van der Waals surface area (Å²) < 4.78 is 0. The van der Waals surface area contributed by atoms with Gasteiger partial charge in [-0.15, -0.1) is 0 Å². The summed E-state index contributed by atoms with van der Waals surface area (Å²) in [6.07, 6.45) is 0.875. The minimum absolute atomic E-state index is 0.00180. The molecule has 2 aromatic carbocycles. The van der Waals surface area contributed by atoms with Crippen molar-refractivity contribution in [2.24, 2.45) is 0 Å². The molecule has 2 aliphatic heterocycles. The molecule has 0 N–H and O–H groups in total. The van der Waals surface area contributed by atoms with E-state index >= 15 is 0 Å². The Morgan fingerprint density at radius 1 is 1.12 bits per heavy atom. The SMILES string of the molecule is CC1Cc2ccccc2N1C(=O)c1ccc2c(c1)C(C)(C)C(=O)N2C. The molecular formula is C21H22N2O2. The fourth-order valence-electron chi connectivity index (χ4n) is 4.12. The van der Waals surface area contributed by atoms with Crippen molar-refractivity contribution >= 4 is 23.2 Å². The third-order valence-corrected chi connectivity index (χ3v) is 5.54. The Bertz CT molecular complexity index is 901. The molecule has 128 valence electrons. The van der Waals surface area contributed by atoms with Crippen LogP contribution in [0.5, 0.6) is 0 Å². The molecule has 0 fully saturated rings. The molecule has 25 heavy (non-hydrogen) atoms. The second kappa shape index (κ2) is 5.19. The van der Waals surface area contributed by atoms with E-state index in [1.165, 1.54) is 5.56 Å². The molecule has 2 aliphatic rings. The van der Waals surface area contributed by atoms with Crippen LogP contribution in [0.2, 0.25) is 0 Å². The van der Waals surface area contributed by atoms with Crippen LogP contribution in [0, 0.1) is 0 Å². The first-order valence-electron chi connectivity index (χ1n) is 8.66. The number of para-hydroxylation sites is 1. The number of likely N-dealkylation sites (N-methyl/N-ethyl adjacent to an activating group) is 1. The van der Waals surface area contributed by atoms with Crippen molar-refractivity contribution < 1.29 is 9.59 Å². The maximum absolute atomic E-state index is 13.2. The van der Waals surface area contributed by atoms with E-state index in [1.54, 1.807) is 11.9 Å². The smallest absolute Gasteiger partial charge is 0.258 e. The number of amides is 2. The van der Waals surface area contributed by atoms with Gasteiger partial charge in [0.15, 0.2) is 0 Å². The zero-order valence-corrected chi connectivity index (χ0v) is 15.0. The molecule has 4 heteroatoms. The first kappa shape index (κ1) is 15.9. The van der Waals surface area contributed by atoms with E-state index in [0.29, 0.717) is 5.56 Å². The molecule has 4 rings (SSSR count). The van der Waals surface area contributed by atoms with E-state index in [4.69, 9.17) is 0 Å². The Balaban J connectivity index is 1.76. The second-order valence-electron chi connectivity index (χ2n) is 7.58. The van der Waals surface area contributed by atoms with Crippen LogP contribution in [0.25, 0.3) is 0 Å². The Kier molecular flexibility index (Phi) is 3.29. The third kappa shape index (κ3) is 2.13. The Hall–Kier alpha value is -2.62. The second-order valence-corrected chi connectivity index (χ2v) is 7.58. The van der Waals surface area contributed by atoms with Crippen LogP contribution in [0.15, 0.2) is 42.5 Å². The van der Waals surface area contributed by atoms with Crippen LogP contribution in [-0.2, 0) is 16.6 Å². The molecule has 2 aromatic rings. The van der Waals surface area contributed by atoms with Crippen molar-refractivity contribution in [2.75, 3.05) is 16.8 Å². The standard InChI is InChI=1S/C21H22N2O2/c1-13-11-14-7-5-6-8-17(14)23(13)19(24)15-9-10-18-16(12-15)21(2,3)20(25)22(18)4/h5-10,12-13H,11H2,1-4H3. The number of carbonyl (C=O) groups is 2. The van der Waals surface area contributed by atoms with E-state index in [-0.39, 0.29) is 17.9 Å². The number of benzene rings is 2. The van der Waals surface area contributed by atoms with Gasteiger partial charge in [0.1, 0.15) is 0 Å². The summed E-state index contributed by atoms with van der Waals surface area (Å²) in [5.74, 6) is 0.0602. The first-order valence-corrected chi connectivity index (χ1v) is 8.66. The van der Waals surface area contributed by atoms with Crippen LogP contribution >= 0.6 is 0 Å². The summed E-state index contributed by atoms with van der Waals surface area (Å²) >= 11 is 0. The lowest BCUT2D eigenvalue weighted by molar-refractivity contribution is -0.121. The molecule has 2 amide bonds. The van der Waals surface area contributed by atoms with Gasteiger partial charge in [0.25, 0.3) is 5.91 Å². The predicted octanol–water partition coefficient (Wildman–Crippen LogP) is 3.53. The van der Waals surface area contributed by atoms with Crippen molar-refractivity contribution in [3.63, 3.8) is 0 Å². The Morgan fingerprint density at radius 3 is 2.60 bits per heavy atom. The van der Waals surface area contributed by atoms with Gasteiger partial charge in [0.2, 0.25) is 5.91 Å². The minimum Gasteiger partial charge on any atom is -0.314 e. The van der Waals surface area contributed by atoms with Crippen molar-refractivity contribution in [1.29, 1.82) is 0 Å². The van der Waals surface area contributed by atoms with Crippen LogP contribution < -0.4 is 9.80 Å². The lowest BCUT2D eigenvalue weighted by Gasteiger charge is -2.23. The molecule has 0 spiro atoms. The molecule has 1 atom stereocenters. The van der Waals surface area contributed by atoms with Gasteiger partial charge >= 0.3 is 0 Å². The molecular weight excluding hydrogens is 312 g/mol. The topological polar surface area (TPSA) is 40.6 Å². The number of hydrogen-bond acceptors (Lipinski definition) is 2. The Labute approximate surface area is 148 Å². The van der Waals surface area contributed by atoms with Crippen LogP contribution in [0.4, 0.5) is 11.4 Å². The Morgan fingerprint density at radius 2 is 1.84 bits per heavy atom. The van der Waals surface area contributed by atoms with E-state index in [1.807, 2.05) is 55.1 Å². The highest BCUT2D eigenvalue weighted by molar-refractivity contribution is 6.11. The zero-order valence-electron chi connectivity index (χ0n) is 15.0. The molecule has 2 heterocycles. The first-order chi connectivity index (χ1) is 11.8. The number of hydrogen-bond donors (Lipinski definition) is 0. The average molecular weight is 334 g/mol. The number of anilines is 2. The lowest BCUT2D eigenvalue weighted by Crippen LogP contribution is -2.36. The molecule has 0 aliphatic carbocycles. The molecule has 0 saturated heterocycles. The van der Waals surface area contributed by atoms with Crippen molar-refractivity contribution in [3.05, 3.63) is 59.2 Å². The maximum atomic E-state index is 13.2. The quantitative estimate of drug-likeness (QED) is 0.800. The van der Waals surface area contributed by atoms with Crippen LogP contribution in [-0.4, -0.2) is 24.9 Å². The molecule has 0 bridgehead atoms. The highest BCUT2D eigenvalue weighted by atomic mass is 16.2. The van der Waals surface area contributed by atoms with Crippen molar-refractivity contribution in [3.8, 4) is 0 Å². The van der Waals surface area contributed by atoms with Gasteiger partial charge < -0.3 is 9.80 Å². The molecule has 0 radical (unpaired) electrons. The summed E-state index contributed by atoms with van der Waals surface area (Å²) in [6, 6.07) is 13.8. The van der Waals surface area contributed by atoms with Gasteiger partial charge in [0, 0.05) is 30.0 Å². The number of carbonyl (C=O) groups excluding carboxylic acids is 2. The average Bonchev–Trinajstić information content (AvgIpc) is 3.02. The summed E-state index contributed by atoms with van der Waals surface area (Å²) in [7, 11) is 1.79. The summed E-state index contributed by atoms with van der Waals surface area (Å²) in [5.41, 5.74) is 4.05. The normalized spacial score (nSPS) is 20.6. The summed E-state index contributed by atoms with van der Waals surface area (Å²) in [6.45, 7) is 5.91. The molecule has 4 nitrogen and oxygen atoms in total. The summed E-state index contributed by atoms with van der Waals surface area (Å²) in [5, 5.41) is 0. The van der Waals surface area contributed by atoms with E-state index in [9.17, 15) is 9.59 Å². The minimum atomic E-state index is -0.602. The number of nitrogens with zero attached hydrogens (tertiary/aromatic N) is 2.